The molecule has 0 saturated heterocycles. The van der Waals surface area contributed by atoms with Gasteiger partial charge in [-0.1, -0.05) is 52.9 Å². The second kappa shape index (κ2) is 46.1. The summed E-state index contributed by atoms with van der Waals surface area (Å²) in [6, 6.07) is 0. The summed E-state index contributed by atoms with van der Waals surface area (Å²) >= 11 is 0. The van der Waals surface area contributed by atoms with E-state index in [9.17, 15) is 4.79 Å². The quantitative estimate of drug-likeness (QED) is 0.0636. The molecule has 0 saturated carbocycles. The van der Waals surface area contributed by atoms with Gasteiger partial charge in [-0.05, 0) is 19.3 Å². The predicted octanol–water partition coefficient (Wildman–Crippen LogP) is 4.53. The van der Waals surface area contributed by atoms with Gasteiger partial charge in [0.2, 0.25) is 0 Å². The summed E-state index contributed by atoms with van der Waals surface area (Å²) in [5.74, 6) is -0.124. The predicted molar refractivity (Wildman–Crippen MR) is 198 cm³/mol. The fraction of sp³-hybridized carbons (Fsp3) is 0.974. The molecular formula is C38H76O14. The third-order valence-electron chi connectivity index (χ3n) is 7.44. The van der Waals surface area contributed by atoms with E-state index in [4.69, 9.17) is 61.6 Å². The van der Waals surface area contributed by atoms with Crippen molar-refractivity contribution in [3.63, 3.8) is 0 Å². The SMILES string of the molecule is CCCCCCOCCOCCOCCOCCOCCOCCOCCOCCOCCOCCOCCOCCOC(=O)C(CC)CCCC. The Labute approximate surface area is 315 Å². The number of hydrogen-bond acceptors (Lipinski definition) is 14. The summed E-state index contributed by atoms with van der Waals surface area (Å²) in [7, 11) is 0. The van der Waals surface area contributed by atoms with Crippen molar-refractivity contribution in [2.45, 2.75) is 72.1 Å². The average Bonchev–Trinajstić information content (AvgIpc) is 3.15. The van der Waals surface area contributed by atoms with Crippen LogP contribution in [0, 0.1) is 5.92 Å². The van der Waals surface area contributed by atoms with Crippen LogP contribution in [0.2, 0.25) is 0 Å². The molecule has 0 aromatic heterocycles. The summed E-state index contributed by atoms with van der Waals surface area (Å²) in [6.07, 6.45) is 8.72. The Hall–Kier alpha value is -1.01. The number of hydrogen-bond donors (Lipinski definition) is 0. The van der Waals surface area contributed by atoms with E-state index >= 15 is 0 Å². The van der Waals surface area contributed by atoms with E-state index in [2.05, 4.69) is 13.8 Å². The summed E-state index contributed by atoms with van der Waals surface area (Å²) in [5, 5.41) is 0. The van der Waals surface area contributed by atoms with Crippen molar-refractivity contribution in [1.29, 1.82) is 0 Å². The fourth-order valence-electron chi connectivity index (χ4n) is 4.41. The highest BCUT2D eigenvalue weighted by Gasteiger charge is 2.17. The monoisotopic (exact) mass is 757 g/mol. The van der Waals surface area contributed by atoms with Gasteiger partial charge >= 0.3 is 5.97 Å². The standard InChI is InChI=1S/C38H76O14/c1-4-7-9-10-12-40-13-14-41-15-16-42-17-18-43-19-20-44-21-22-45-23-24-46-25-26-47-27-28-48-29-30-49-31-32-50-33-34-51-35-36-52-38(39)37(6-3)11-8-5-2/h37H,4-36H2,1-3H3. The molecule has 0 amide bonds. The highest BCUT2D eigenvalue weighted by Crippen LogP contribution is 2.14. The first-order valence-electron chi connectivity index (χ1n) is 19.9. The normalized spacial score (nSPS) is 12.1. The average molecular weight is 757 g/mol. The second-order valence-corrected chi connectivity index (χ2v) is 11.8. The van der Waals surface area contributed by atoms with Crippen LogP contribution >= 0.6 is 0 Å². The molecule has 0 aromatic carbocycles. The molecule has 0 N–H and O–H groups in total. The number of carbonyl (C=O) groups is 1. The zero-order valence-electron chi connectivity index (χ0n) is 33.1. The van der Waals surface area contributed by atoms with Gasteiger partial charge in [-0.25, -0.2) is 0 Å². The molecule has 0 rings (SSSR count). The smallest absolute Gasteiger partial charge is 0.308 e. The minimum Gasteiger partial charge on any atom is -0.463 e. The number of rotatable bonds is 46. The van der Waals surface area contributed by atoms with Crippen molar-refractivity contribution < 1.29 is 66.4 Å². The van der Waals surface area contributed by atoms with Crippen LogP contribution in [0.5, 0.6) is 0 Å². The second-order valence-electron chi connectivity index (χ2n) is 11.8. The lowest BCUT2D eigenvalue weighted by Crippen LogP contribution is -2.20. The molecule has 52 heavy (non-hydrogen) atoms. The molecule has 14 heteroatoms. The molecule has 0 aliphatic carbocycles. The van der Waals surface area contributed by atoms with E-state index in [0.29, 0.717) is 152 Å². The molecule has 0 spiro atoms. The van der Waals surface area contributed by atoms with E-state index in [0.717, 1.165) is 38.7 Å². The molecule has 0 bridgehead atoms. The highest BCUT2D eigenvalue weighted by molar-refractivity contribution is 5.72. The Balaban J connectivity index is 3.12. The molecule has 0 aromatic rings. The van der Waals surface area contributed by atoms with Crippen LogP contribution in [0.4, 0.5) is 0 Å². The summed E-state index contributed by atoms with van der Waals surface area (Å²) in [4.78, 5) is 12.0. The van der Waals surface area contributed by atoms with Gasteiger partial charge in [-0.2, -0.15) is 0 Å². The lowest BCUT2D eigenvalue weighted by atomic mass is 10.00. The third-order valence-corrected chi connectivity index (χ3v) is 7.44. The van der Waals surface area contributed by atoms with Crippen LogP contribution < -0.4 is 0 Å². The van der Waals surface area contributed by atoms with E-state index in [1.54, 1.807) is 0 Å². The maximum Gasteiger partial charge on any atom is 0.308 e. The minimum atomic E-state index is -0.120. The van der Waals surface area contributed by atoms with Crippen molar-refractivity contribution in [2.24, 2.45) is 5.92 Å². The molecule has 1 unspecified atom stereocenters. The van der Waals surface area contributed by atoms with Gasteiger partial charge in [-0.3, -0.25) is 4.79 Å². The molecule has 0 fully saturated rings. The van der Waals surface area contributed by atoms with Gasteiger partial charge in [0, 0.05) is 6.61 Å². The lowest BCUT2D eigenvalue weighted by Gasteiger charge is -2.13. The largest absolute Gasteiger partial charge is 0.463 e. The molecular weight excluding hydrogens is 680 g/mol. The van der Waals surface area contributed by atoms with Crippen molar-refractivity contribution in [3.05, 3.63) is 0 Å². The highest BCUT2D eigenvalue weighted by atomic mass is 16.6. The Kier molecular flexibility index (Phi) is 45.2. The molecule has 1 atom stereocenters. The number of unbranched alkanes of at least 4 members (excludes halogenated alkanes) is 4. The van der Waals surface area contributed by atoms with Gasteiger partial charge in [0.1, 0.15) is 6.61 Å². The molecule has 0 aliphatic heterocycles. The molecule has 0 aliphatic rings. The van der Waals surface area contributed by atoms with Gasteiger partial charge in [0.25, 0.3) is 0 Å². The Bertz CT molecular complexity index is 676. The maximum atomic E-state index is 12.0. The number of ether oxygens (including phenoxy) is 13. The Morgan fingerprint density at radius 3 is 0.865 bits per heavy atom. The first-order chi connectivity index (χ1) is 25.8. The lowest BCUT2D eigenvalue weighted by molar-refractivity contribution is -0.150. The van der Waals surface area contributed by atoms with Crippen molar-refractivity contribution in [3.8, 4) is 0 Å². The van der Waals surface area contributed by atoms with Gasteiger partial charge in [0.05, 0.1) is 158 Å². The molecule has 14 nitrogen and oxygen atoms in total. The molecule has 312 valence electrons. The summed E-state index contributed by atoms with van der Waals surface area (Å²) < 4.78 is 71.2. The van der Waals surface area contributed by atoms with Gasteiger partial charge in [0.15, 0.2) is 0 Å². The van der Waals surface area contributed by atoms with Gasteiger partial charge in [-0.15, -0.1) is 0 Å². The van der Waals surface area contributed by atoms with Crippen LogP contribution in [0.15, 0.2) is 0 Å². The summed E-state index contributed by atoms with van der Waals surface area (Å²) in [5.41, 5.74) is 0. The Morgan fingerprint density at radius 1 is 0.327 bits per heavy atom. The molecule has 0 radical (unpaired) electrons. The maximum absolute atomic E-state index is 12.0. The van der Waals surface area contributed by atoms with E-state index in [-0.39, 0.29) is 18.5 Å². The zero-order chi connectivity index (χ0) is 37.7. The Morgan fingerprint density at radius 2 is 0.596 bits per heavy atom. The van der Waals surface area contributed by atoms with Crippen LogP contribution in [0.3, 0.4) is 0 Å². The van der Waals surface area contributed by atoms with Crippen LogP contribution in [-0.2, 0) is 66.4 Å². The minimum absolute atomic E-state index is 0.00413. The first kappa shape index (κ1) is 51.0. The third kappa shape index (κ3) is 41.7. The topological polar surface area (TPSA) is 137 Å². The van der Waals surface area contributed by atoms with E-state index in [1.165, 1.54) is 19.3 Å². The van der Waals surface area contributed by atoms with E-state index in [1.807, 2.05) is 6.92 Å². The van der Waals surface area contributed by atoms with Crippen molar-refractivity contribution in [2.75, 3.05) is 165 Å². The van der Waals surface area contributed by atoms with Crippen molar-refractivity contribution in [1.82, 2.24) is 0 Å². The number of carbonyl (C=O) groups excluding carboxylic acids is 1. The van der Waals surface area contributed by atoms with Crippen LogP contribution in [0.25, 0.3) is 0 Å². The number of esters is 1. The van der Waals surface area contributed by atoms with E-state index < -0.39 is 0 Å². The fourth-order valence-corrected chi connectivity index (χ4v) is 4.41. The van der Waals surface area contributed by atoms with Crippen LogP contribution in [0.1, 0.15) is 72.1 Å². The van der Waals surface area contributed by atoms with Crippen molar-refractivity contribution >= 4 is 5.97 Å². The summed E-state index contributed by atoms with van der Waals surface area (Å²) in [6.45, 7) is 19.2. The zero-order valence-corrected chi connectivity index (χ0v) is 33.1. The van der Waals surface area contributed by atoms with Gasteiger partial charge < -0.3 is 61.6 Å². The first-order valence-corrected chi connectivity index (χ1v) is 19.9. The molecule has 0 heterocycles. The van der Waals surface area contributed by atoms with Crippen LogP contribution in [-0.4, -0.2) is 171 Å².